The Bertz CT molecular complexity index is 1050. The maximum absolute atomic E-state index is 12.6. The molecule has 0 bridgehead atoms. The minimum atomic E-state index is -0.723. The van der Waals surface area contributed by atoms with Crippen LogP contribution in [0.5, 0.6) is 0 Å². The van der Waals surface area contributed by atoms with E-state index in [2.05, 4.69) is 25.6 Å². The number of carbonyl (C=O) groups is 2. The van der Waals surface area contributed by atoms with E-state index < -0.39 is 11.8 Å². The summed E-state index contributed by atoms with van der Waals surface area (Å²) in [6, 6.07) is 6.50. The van der Waals surface area contributed by atoms with Crippen LogP contribution >= 0.6 is 23.2 Å². The molecule has 4 rings (SSSR count). The van der Waals surface area contributed by atoms with Gasteiger partial charge in [0.15, 0.2) is 0 Å². The zero-order valence-corrected chi connectivity index (χ0v) is 16.8. The van der Waals surface area contributed by atoms with Gasteiger partial charge in [-0.3, -0.25) is 9.59 Å². The number of halogens is 2. The zero-order chi connectivity index (χ0) is 20.4. The summed E-state index contributed by atoms with van der Waals surface area (Å²) in [4.78, 5) is 38.1. The Morgan fingerprint density at radius 3 is 2.76 bits per heavy atom. The fourth-order valence-corrected chi connectivity index (χ4v) is 3.94. The third-order valence-electron chi connectivity index (χ3n) is 4.72. The molecule has 8 nitrogen and oxygen atoms in total. The second-order valence-corrected chi connectivity index (χ2v) is 7.68. The quantitative estimate of drug-likeness (QED) is 0.550. The van der Waals surface area contributed by atoms with E-state index in [1.807, 2.05) is 6.07 Å². The summed E-state index contributed by atoms with van der Waals surface area (Å²) in [7, 11) is 0. The molecule has 2 aromatic heterocycles. The molecule has 0 saturated carbocycles. The van der Waals surface area contributed by atoms with Crippen LogP contribution in [0, 0.1) is 0 Å². The molecule has 2 amide bonds. The van der Waals surface area contributed by atoms with E-state index in [4.69, 9.17) is 23.2 Å². The van der Waals surface area contributed by atoms with E-state index in [0.29, 0.717) is 34.6 Å². The molecule has 1 aliphatic rings. The molecule has 150 valence electrons. The van der Waals surface area contributed by atoms with Gasteiger partial charge in [0.1, 0.15) is 17.8 Å². The Morgan fingerprint density at radius 1 is 1.17 bits per heavy atom. The summed E-state index contributed by atoms with van der Waals surface area (Å²) in [5, 5.41) is 7.57. The van der Waals surface area contributed by atoms with E-state index in [0.717, 1.165) is 23.9 Å². The zero-order valence-electron chi connectivity index (χ0n) is 15.3. The second-order valence-electron chi connectivity index (χ2n) is 6.81. The fourth-order valence-electron chi connectivity index (χ4n) is 3.41. The predicted molar refractivity (Wildman–Crippen MR) is 112 cm³/mol. The van der Waals surface area contributed by atoms with Crippen LogP contribution in [0.1, 0.15) is 12.8 Å². The Balaban J connectivity index is 1.41. The average Bonchev–Trinajstić information content (AvgIpc) is 3.17. The van der Waals surface area contributed by atoms with E-state index >= 15 is 0 Å². The van der Waals surface area contributed by atoms with Gasteiger partial charge >= 0.3 is 11.8 Å². The number of aromatic amines is 1. The van der Waals surface area contributed by atoms with Crippen molar-refractivity contribution in [3.05, 3.63) is 46.8 Å². The molecule has 1 atom stereocenters. The van der Waals surface area contributed by atoms with Gasteiger partial charge in [0.2, 0.25) is 0 Å². The first kappa shape index (κ1) is 19.5. The number of likely N-dealkylation sites (tertiary alicyclic amines) is 1. The normalized spacial score (nSPS) is 16.6. The third-order valence-corrected chi connectivity index (χ3v) is 5.15. The van der Waals surface area contributed by atoms with Crippen molar-refractivity contribution in [2.45, 2.75) is 18.9 Å². The first-order valence-electron chi connectivity index (χ1n) is 9.10. The van der Waals surface area contributed by atoms with Gasteiger partial charge in [0.05, 0.1) is 5.39 Å². The smallest absolute Gasteiger partial charge is 0.313 e. The number of rotatable bonds is 3. The molecule has 0 spiro atoms. The number of carbonyl (C=O) groups excluding carboxylic acids is 2. The number of hydrogen-bond donors (Lipinski definition) is 3. The fraction of sp³-hybridized carbons (Fsp3) is 0.263. The van der Waals surface area contributed by atoms with Gasteiger partial charge in [-0.25, -0.2) is 9.97 Å². The van der Waals surface area contributed by atoms with Gasteiger partial charge < -0.3 is 20.5 Å². The molecule has 3 aromatic rings. The number of anilines is 2. The summed E-state index contributed by atoms with van der Waals surface area (Å²) in [6.45, 7) is 0.919. The summed E-state index contributed by atoms with van der Waals surface area (Å²) < 4.78 is 0. The van der Waals surface area contributed by atoms with Crippen molar-refractivity contribution in [1.82, 2.24) is 19.9 Å². The maximum Gasteiger partial charge on any atom is 0.313 e. The second kappa shape index (κ2) is 8.26. The van der Waals surface area contributed by atoms with E-state index in [1.54, 1.807) is 12.3 Å². The Kier molecular flexibility index (Phi) is 5.55. The largest absolute Gasteiger partial charge is 0.365 e. The maximum atomic E-state index is 12.6. The number of H-pyrrole nitrogens is 1. The van der Waals surface area contributed by atoms with Gasteiger partial charge in [0, 0.05) is 41.1 Å². The molecule has 29 heavy (non-hydrogen) atoms. The van der Waals surface area contributed by atoms with Crippen LogP contribution in [0.4, 0.5) is 11.5 Å². The highest BCUT2D eigenvalue weighted by Crippen LogP contribution is 2.23. The summed E-state index contributed by atoms with van der Waals surface area (Å²) in [5.41, 5.74) is 1.12. The number of aromatic nitrogens is 3. The minimum Gasteiger partial charge on any atom is -0.365 e. The molecule has 3 heterocycles. The predicted octanol–water partition coefficient (Wildman–Crippen LogP) is 3.31. The molecule has 10 heteroatoms. The number of piperidine rings is 1. The molecule has 3 N–H and O–H groups in total. The van der Waals surface area contributed by atoms with Crippen LogP contribution in [0.2, 0.25) is 10.0 Å². The molecule has 1 aromatic carbocycles. The van der Waals surface area contributed by atoms with E-state index in [1.165, 1.54) is 23.4 Å². The Labute approximate surface area is 176 Å². The lowest BCUT2D eigenvalue weighted by Gasteiger charge is -2.33. The van der Waals surface area contributed by atoms with Crippen molar-refractivity contribution in [3.63, 3.8) is 0 Å². The van der Waals surface area contributed by atoms with Crippen molar-refractivity contribution in [2.24, 2.45) is 0 Å². The number of nitrogens with one attached hydrogen (secondary N) is 3. The number of nitrogens with zero attached hydrogens (tertiary/aromatic N) is 3. The third kappa shape index (κ3) is 4.44. The molecule has 1 unspecified atom stereocenters. The molecular formula is C19H18Cl2N6O2. The van der Waals surface area contributed by atoms with Gasteiger partial charge in [-0.05, 0) is 37.1 Å². The topological polar surface area (TPSA) is 103 Å². The molecular weight excluding hydrogens is 415 g/mol. The SMILES string of the molecule is O=C(Nc1cc(Cl)cc(Cl)c1)C(=O)N1CCCC(Nc2ncnc3[nH]ccc23)C1. The molecule has 1 saturated heterocycles. The first-order valence-corrected chi connectivity index (χ1v) is 9.86. The molecule has 0 radical (unpaired) electrons. The summed E-state index contributed by atoms with van der Waals surface area (Å²) in [5.74, 6) is -0.616. The van der Waals surface area contributed by atoms with Crippen LogP contribution < -0.4 is 10.6 Å². The summed E-state index contributed by atoms with van der Waals surface area (Å²) in [6.07, 6.45) is 4.93. The van der Waals surface area contributed by atoms with Crippen LogP contribution in [0.3, 0.4) is 0 Å². The Hall–Kier alpha value is -2.84. The van der Waals surface area contributed by atoms with Gasteiger partial charge in [-0.15, -0.1) is 0 Å². The number of amides is 2. The Morgan fingerprint density at radius 2 is 1.97 bits per heavy atom. The molecule has 1 aliphatic heterocycles. The van der Waals surface area contributed by atoms with Crippen LogP contribution in [0.25, 0.3) is 11.0 Å². The summed E-state index contributed by atoms with van der Waals surface area (Å²) >= 11 is 11.9. The van der Waals surface area contributed by atoms with Crippen LogP contribution in [0.15, 0.2) is 36.8 Å². The van der Waals surface area contributed by atoms with Gasteiger partial charge in [-0.1, -0.05) is 23.2 Å². The monoisotopic (exact) mass is 432 g/mol. The van der Waals surface area contributed by atoms with Crippen molar-refractivity contribution < 1.29 is 9.59 Å². The highest BCUT2D eigenvalue weighted by atomic mass is 35.5. The van der Waals surface area contributed by atoms with E-state index in [-0.39, 0.29) is 6.04 Å². The lowest BCUT2D eigenvalue weighted by Crippen LogP contribution is -2.48. The molecule has 1 fully saturated rings. The van der Waals surface area contributed by atoms with Crippen molar-refractivity contribution in [1.29, 1.82) is 0 Å². The first-order chi connectivity index (χ1) is 14.0. The highest BCUT2D eigenvalue weighted by molar-refractivity contribution is 6.40. The van der Waals surface area contributed by atoms with Gasteiger partial charge in [-0.2, -0.15) is 0 Å². The highest BCUT2D eigenvalue weighted by Gasteiger charge is 2.28. The van der Waals surface area contributed by atoms with Gasteiger partial charge in [0.25, 0.3) is 0 Å². The van der Waals surface area contributed by atoms with Crippen molar-refractivity contribution in [2.75, 3.05) is 23.7 Å². The number of fused-ring (bicyclic) bond motifs is 1. The van der Waals surface area contributed by atoms with Crippen LogP contribution in [-0.4, -0.2) is 50.8 Å². The van der Waals surface area contributed by atoms with Crippen LogP contribution in [-0.2, 0) is 9.59 Å². The van der Waals surface area contributed by atoms with E-state index in [9.17, 15) is 9.59 Å². The average molecular weight is 433 g/mol. The minimum absolute atomic E-state index is 0.0193. The van der Waals surface area contributed by atoms with Crippen molar-refractivity contribution in [3.8, 4) is 0 Å². The lowest BCUT2D eigenvalue weighted by atomic mass is 10.1. The van der Waals surface area contributed by atoms with Crippen molar-refractivity contribution >= 4 is 57.6 Å². The lowest BCUT2D eigenvalue weighted by molar-refractivity contribution is -0.143. The number of benzene rings is 1. The molecule has 0 aliphatic carbocycles. The standard InChI is InChI=1S/C19H18Cl2N6O2/c20-11-6-12(21)8-14(7-11)26-18(28)19(29)27-5-1-2-13(9-27)25-17-15-3-4-22-16(15)23-10-24-17/h3-4,6-8,10,13H,1-2,5,9H2,(H,26,28)(H2,22,23,24,25). The number of hydrogen-bond acceptors (Lipinski definition) is 5.